The van der Waals surface area contributed by atoms with Gasteiger partial charge in [0.25, 0.3) is 0 Å². The van der Waals surface area contributed by atoms with Crippen LogP contribution in [0.1, 0.15) is 27.2 Å². The third-order valence-corrected chi connectivity index (χ3v) is 6.24. The molecule has 0 spiro atoms. The van der Waals surface area contributed by atoms with Crippen LogP contribution in [-0.2, 0) is 19.2 Å². The van der Waals surface area contributed by atoms with E-state index in [1.165, 1.54) is 6.92 Å². The van der Waals surface area contributed by atoms with Gasteiger partial charge in [-0.2, -0.15) is 0 Å². The predicted molar refractivity (Wildman–Crippen MR) is 79.0 cm³/mol. The van der Waals surface area contributed by atoms with Crippen molar-refractivity contribution < 1.29 is 39.6 Å². The molecule has 0 aliphatic heterocycles. The summed E-state index contributed by atoms with van der Waals surface area (Å²) in [5.74, 6) is -11.3. The lowest BCUT2D eigenvalue weighted by Crippen LogP contribution is -2.71. The van der Waals surface area contributed by atoms with Gasteiger partial charge < -0.3 is 20.4 Å². The van der Waals surface area contributed by atoms with Gasteiger partial charge >= 0.3 is 23.9 Å². The van der Waals surface area contributed by atoms with Crippen LogP contribution in [0.25, 0.3) is 0 Å². The minimum absolute atomic E-state index is 0.125. The molecule has 0 heterocycles. The van der Waals surface area contributed by atoms with Crippen LogP contribution in [0.3, 0.4) is 0 Å². The Morgan fingerprint density at radius 2 is 1.50 bits per heavy atom. The normalized spacial score (nSPS) is 41.2. The second-order valence-corrected chi connectivity index (χ2v) is 7.30. The molecule has 7 unspecified atom stereocenters. The number of carboxylic acids is 4. The monoisotopic (exact) mass is 342 g/mol. The fraction of sp³-hybridized carbons (Fsp3) is 0.750. The number of fused-ring (bicyclic) bond motifs is 1. The maximum Gasteiger partial charge on any atom is 0.311 e. The van der Waals surface area contributed by atoms with Gasteiger partial charge in [0.1, 0.15) is 0 Å². The molecule has 8 heteroatoms. The molecule has 2 fully saturated rings. The van der Waals surface area contributed by atoms with Gasteiger partial charge in [0, 0.05) is 0 Å². The molecular formula is C16H22O8. The van der Waals surface area contributed by atoms with Gasteiger partial charge in [-0.15, -0.1) is 0 Å². The number of carboxylic acid groups (broad SMARTS) is 4. The van der Waals surface area contributed by atoms with E-state index in [0.29, 0.717) is 0 Å². The van der Waals surface area contributed by atoms with Crippen LogP contribution in [0.4, 0.5) is 0 Å². The van der Waals surface area contributed by atoms with Crippen LogP contribution in [0.2, 0.25) is 0 Å². The van der Waals surface area contributed by atoms with Crippen molar-refractivity contribution in [3.05, 3.63) is 0 Å². The van der Waals surface area contributed by atoms with Crippen LogP contribution >= 0.6 is 0 Å². The summed E-state index contributed by atoms with van der Waals surface area (Å²) in [4.78, 5) is 46.8. The summed E-state index contributed by atoms with van der Waals surface area (Å²) < 4.78 is 0. The Balaban J connectivity index is 2.57. The lowest BCUT2D eigenvalue weighted by atomic mass is 9.36. The van der Waals surface area contributed by atoms with Crippen molar-refractivity contribution in [2.45, 2.75) is 27.2 Å². The van der Waals surface area contributed by atoms with Gasteiger partial charge in [0.2, 0.25) is 0 Å². The molecule has 8 nitrogen and oxygen atoms in total. The highest BCUT2D eigenvalue weighted by molar-refractivity contribution is 5.88. The van der Waals surface area contributed by atoms with Gasteiger partial charge in [-0.25, -0.2) is 0 Å². The van der Waals surface area contributed by atoms with Crippen molar-refractivity contribution in [3.8, 4) is 0 Å². The van der Waals surface area contributed by atoms with Crippen molar-refractivity contribution in [1.29, 1.82) is 0 Å². The molecule has 0 bridgehead atoms. The zero-order valence-corrected chi connectivity index (χ0v) is 13.7. The largest absolute Gasteiger partial charge is 0.481 e. The van der Waals surface area contributed by atoms with Gasteiger partial charge in [-0.05, 0) is 30.1 Å². The molecule has 0 aromatic carbocycles. The maximum absolute atomic E-state index is 12.0. The lowest BCUT2D eigenvalue weighted by Gasteiger charge is -2.64. The topological polar surface area (TPSA) is 149 Å². The van der Waals surface area contributed by atoms with E-state index in [2.05, 4.69) is 0 Å². The first kappa shape index (κ1) is 18.2. The quantitative estimate of drug-likeness (QED) is 0.580. The summed E-state index contributed by atoms with van der Waals surface area (Å²) in [7, 11) is 0. The van der Waals surface area contributed by atoms with E-state index in [0.717, 1.165) is 0 Å². The SMILES string of the molecule is CC1C(C(=O)O)C(C(=O)O)CC2C(C(=O)O)C(C(=O)O)(C(C)C)C12. The molecular weight excluding hydrogens is 320 g/mol. The molecule has 0 amide bonds. The molecule has 0 radical (unpaired) electrons. The van der Waals surface area contributed by atoms with Crippen molar-refractivity contribution in [1.82, 2.24) is 0 Å². The smallest absolute Gasteiger partial charge is 0.311 e. The van der Waals surface area contributed by atoms with Gasteiger partial charge in [-0.1, -0.05) is 20.8 Å². The van der Waals surface area contributed by atoms with E-state index in [1.807, 2.05) is 0 Å². The van der Waals surface area contributed by atoms with Crippen molar-refractivity contribution in [2.24, 2.45) is 46.8 Å². The summed E-state index contributed by atoms with van der Waals surface area (Å²) in [6, 6.07) is 0. The van der Waals surface area contributed by atoms with Gasteiger partial charge in [0.05, 0.1) is 23.2 Å². The standard InChI is InChI=1S/C16H22O8/c1-5(2)16(15(23)24)10-6(3)9(13(19)20)7(12(17)18)4-8(10)11(16)14(21)22/h5-11H,4H2,1-3H3,(H,17,18)(H,19,20)(H,21,22)(H,23,24). The average Bonchev–Trinajstić information content (AvgIpc) is 2.37. The van der Waals surface area contributed by atoms with Crippen LogP contribution < -0.4 is 0 Å². The summed E-state index contributed by atoms with van der Waals surface area (Å²) >= 11 is 0. The Morgan fingerprint density at radius 3 is 1.83 bits per heavy atom. The van der Waals surface area contributed by atoms with E-state index in [9.17, 15) is 39.6 Å². The highest BCUT2D eigenvalue weighted by Crippen LogP contribution is 2.68. The summed E-state index contributed by atoms with van der Waals surface area (Å²) in [5.41, 5.74) is -1.58. The third kappa shape index (κ3) is 2.12. The van der Waals surface area contributed by atoms with Crippen molar-refractivity contribution >= 4 is 23.9 Å². The zero-order chi connectivity index (χ0) is 18.6. The molecule has 7 atom stereocenters. The van der Waals surface area contributed by atoms with Gasteiger partial charge in [-0.3, -0.25) is 19.2 Å². The predicted octanol–water partition coefficient (Wildman–Crippen LogP) is 1.10. The number of rotatable bonds is 5. The first-order valence-corrected chi connectivity index (χ1v) is 7.91. The lowest BCUT2D eigenvalue weighted by molar-refractivity contribution is -0.237. The van der Waals surface area contributed by atoms with E-state index in [1.54, 1.807) is 13.8 Å². The van der Waals surface area contributed by atoms with Gasteiger partial charge in [0.15, 0.2) is 0 Å². The Labute approximate surface area is 138 Å². The molecule has 2 saturated carbocycles. The van der Waals surface area contributed by atoms with Crippen LogP contribution in [-0.4, -0.2) is 44.3 Å². The van der Waals surface area contributed by atoms with E-state index < -0.39 is 70.7 Å². The van der Waals surface area contributed by atoms with Crippen LogP contribution in [0.5, 0.6) is 0 Å². The summed E-state index contributed by atoms with van der Waals surface area (Å²) in [6.45, 7) is 4.77. The van der Waals surface area contributed by atoms with Crippen molar-refractivity contribution in [2.75, 3.05) is 0 Å². The number of aliphatic carboxylic acids is 4. The molecule has 0 aromatic heterocycles. The number of carbonyl (C=O) groups is 4. The first-order chi connectivity index (χ1) is 11.0. The Hall–Kier alpha value is -2.12. The molecule has 24 heavy (non-hydrogen) atoms. The highest BCUT2D eigenvalue weighted by Gasteiger charge is 2.74. The molecule has 2 aliphatic rings. The molecule has 0 saturated heterocycles. The second kappa shape index (κ2) is 5.75. The fourth-order valence-corrected chi connectivity index (χ4v) is 5.45. The Morgan fingerprint density at radius 1 is 0.958 bits per heavy atom. The maximum atomic E-state index is 12.0. The molecule has 2 aliphatic carbocycles. The second-order valence-electron chi connectivity index (χ2n) is 7.30. The Kier molecular flexibility index (Phi) is 4.37. The van der Waals surface area contributed by atoms with Crippen molar-refractivity contribution in [3.63, 3.8) is 0 Å². The zero-order valence-electron chi connectivity index (χ0n) is 13.7. The fourth-order valence-electron chi connectivity index (χ4n) is 5.45. The number of hydrogen-bond donors (Lipinski definition) is 4. The third-order valence-electron chi connectivity index (χ3n) is 6.24. The molecule has 134 valence electrons. The minimum atomic E-state index is -1.58. The van der Waals surface area contributed by atoms with Crippen LogP contribution in [0.15, 0.2) is 0 Å². The molecule has 4 N–H and O–H groups in total. The average molecular weight is 342 g/mol. The minimum Gasteiger partial charge on any atom is -0.481 e. The Bertz CT molecular complexity index is 595. The summed E-state index contributed by atoms with van der Waals surface area (Å²) in [6.07, 6.45) is -0.125. The van der Waals surface area contributed by atoms with E-state index in [-0.39, 0.29) is 6.42 Å². The first-order valence-electron chi connectivity index (χ1n) is 7.91. The molecule has 2 rings (SSSR count). The molecule has 0 aromatic rings. The summed E-state index contributed by atoms with van der Waals surface area (Å²) in [5, 5.41) is 38.2. The highest BCUT2D eigenvalue weighted by atomic mass is 16.4. The van der Waals surface area contributed by atoms with E-state index >= 15 is 0 Å². The van der Waals surface area contributed by atoms with Crippen LogP contribution in [0, 0.1) is 46.8 Å². The number of hydrogen-bond acceptors (Lipinski definition) is 4. The van der Waals surface area contributed by atoms with E-state index in [4.69, 9.17) is 0 Å².